The largest absolute Gasteiger partial charge is 0.378 e. The molecule has 102 valence electrons. The number of anilines is 1. The summed E-state index contributed by atoms with van der Waals surface area (Å²) in [7, 11) is 1.77. The van der Waals surface area contributed by atoms with Gasteiger partial charge in [-0.25, -0.2) is 15.0 Å². The van der Waals surface area contributed by atoms with Gasteiger partial charge in [0.05, 0.1) is 11.9 Å². The van der Waals surface area contributed by atoms with E-state index in [-0.39, 0.29) is 11.0 Å². The molecule has 0 amide bonds. The maximum atomic E-state index is 5.64. The minimum atomic E-state index is -0.0925. The Labute approximate surface area is 112 Å². The van der Waals surface area contributed by atoms with E-state index in [1.54, 1.807) is 13.4 Å². The van der Waals surface area contributed by atoms with E-state index in [9.17, 15) is 0 Å². The van der Waals surface area contributed by atoms with Crippen molar-refractivity contribution in [1.82, 2.24) is 19.9 Å². The number of nitrogens with zero attached hydrogens (tertiary/aromatic N) is 3. The fourth-order valence-corrected chi connectivity index (χ4v) is 2.76. The van der Waals surface area contributed by atoms with Crippen molar-refractivity contribution in [3.05, 3.63) is 12.7 Å². The Morgan fingerprint density at radius 3 is 2.79 bits per heavy atom. The Balaban J connectivity index is 1.86. The van der Waals surface area contributed by atoms with E-state index >= 15 is 0 Å². The molecule has 0 saturated heterocycles. The first-order chi connectivity index (χ1) is 8.98. The van der Waals surface area contributed by atoms with Crippen molar-refractivity contribution in [2.45, 2.75) is 38.8 Å². The van der Waals surface area contributed by atoms with Crippen molar-refractivity contribution in [3.8, 4) is 0 Å². The van der Waals surface area contributed by atoms with Crippen LogP contribution in [-0.4, -0.2) is 38.7 Å². The molecule has 0 radical (unpaired) electrons. The molecule has 1 aliphatic rings. The van der Waals surface area contributed by atoms with Gasteiger partial charge in [0.25, 0.3) is 0 Å². The highest BCUT2D eigenvalue weighted by molar-refractivity contribution is 5.82. The number of H-pyrrole nitrogens is 1. The Kier molecular flexibility index (Phi) is 2.53. The number of hydrogen-bond acceptors (Lipinski definition) is 5. The molecule has 2 aromatic heterocycles. The quantitative estimate of drug-likeness (QED) is 0.883. The summed E-state index contributed by atoms with van der Waals surface area (Å²) in [6.45, 7) is 6.57. The highest BCUT2D eigenvalue weighted by Crippen LogP contribution is 2.52. The van der Waals surface area contributed by atoms with Gasteiger partial charge in [-0.15, -0.1) is 0 Å². The third-order valence-electron chi connectivity index (χ3n) is 4.81. The van der Waals surface area contributed by atoms with Crippen LogP contribution in [0.5, 0.6) is 0 Å². The Bertz CT molecular complexity index is 608. The smallest absolute Gasteiger partial charge is 0.182 e. The van der Waals surface area contributed by atoms with Crippen LogP contribution in [0, 0.1) is 5.41 Å². The first kappa shape index (κ1) is 12.3. The molecule has 6 nitrogen and oxygen atoms in total. The number of imidazole rings is 1. The van der Waals surface area contributed by atoms with Gasteiger partial charge in [-0.05, 0) is 13.3 Å². The summed E-state index contributed by atoms with van der Waals surface area (Å²) in [4.78, 5) is 15.6. The van der Waals surface area contributed by atoms with Gasteiger partial charge in [0.1, 0.15) is 11.8 Å². The van der Waals surface area contributed by atoms with Crippen molar-refractivity contribution < 1.29 is 4.74 Å². The second-order valence-corrected chi connectivity index (χ2v) is 5.88. The number of rotatable bonds is 3. The number of ether oxygens (including phenoxy) is 1. The molecule has 0 spiro atoms. The van der Waals surface area contributed by atoms with Crippen molar-refractivity contribution in [2.24, 2.45) is 5.41 Å². The molecule has 1 aliphatic carbocycles. The Morgan fingerprint density at radius 2 is 2.11 bits per heavy atom. The van der Waals surface area contributed by atoms with Crippen LogP contribution >= 0.6 is 0 Å². The summed E-state index contributed by atoms with van der Waals surface area (Å²) < 4.78 is 5.64. The minimum Gasteiger partial charge on any atom is -0.378 e. The molecule has 0 unspecified atom stereocenters. The second kappa shape index (κ2) is 3.90. The van der Waals surface area contributed by atoms with E-state index in [4.69, 9.17) is 4.74 Å². The summed E-state index contributed by atoms with van der Waals surface area (Å²) in [5.41, 5.74) is 1.48. The molecule has 1 saturated carbocycles. The van der Waals surface area contributed by atoms with E-state index in [0.29, 0.717) is 11.7 Å². The highest BCUT2D eigenvalue weighted by atomic mass is 16.5. The van der Waals surface area contributed by atoms with Gasteiger partial charge < -0.3 is 15.0 Å². The number of aromatic nitrogens is 4. The molecular weight excluding hydrogens is 242 g/mol. The lowest BCUT2D eigenvalue weighted by molar-refractivity contribution is -0.166. The predicted molar refractivity (Wildman–Crippen MR) is 72.9 cm³/mol. The monoisotopic (exact) mass is 261 g/mol. The lowest BCUT2D eigenvalue weighted by Gasteiger charge is -2.59. The lowest BCUT2D eigenvalue weighted by Crippen LogP contribution is -2.65. The summed E-state index contributed by atoms with van der Waals surface area (Å²) in [6.07, 6.45) is 4.12. The van der Waals surface area contributed by atoms with Crippen molar-refractivity contribution in [2.75, 3.05) is 12.4 Å². The molecule has 6 heteroatoms. The summed E-state index contributed by atoms with van der Waals surface area (Å²) in [5, 5.41) is 3.48. The van der Waals surface area contributed by atoms with Gasteiger partial charge in [-0.3, -0.25) is 0 Å². The molecule has 3 rings (SSSR count). The lowest BCUT2D eigenvalue weighted by atomic mass is 9.56. The Morgan fingerprint density at radius 1 is 1.32 bits per heavy atom. The maximum absolute atomic E-state index is 5.64. The van der Waals surface area contributed by atoms with E-state index < -0.39 is 0 Å². The molecule has 0 aromatic carbocycles. The first-order valence-electron chi connectivity index (χ1n) is 6.44. The number of methoxy groups -OCH3 is 1. The van der Waals surface area contributed by atoms with Crippen LogP contribution in [0.2, 0.25) is 0 Å². The fourth-order valence-electron chi connectivity index (χ4n) is 2.76. The van der Waals surface area contributed by atoms with E-state index in [2.05, 4.69) is 46.0 Å². The van der Waals surface area contributed by atoms with Crippen LogP contribution < -0.4 is 5.32 Å². The number of nitrogens with one attached hydrogen (secondary N) is 2. The van der Waals surface area contributed by atoms with E-state index in [1.807, 2.05) is 0 Å². The van der Waals surface area contributed by atoms with Crippen LogP contribution in [0.25, 0.3) is 11.2 Å². The zero-order valence-electron chi connectivity index (χ0n) is 11.7. The SMILES string of the molecule is CO[C@]1(C)C[C@H](Nc2ncnc3nc[nH]c23)C1(C)C. The first-order valence-corrected chi connectivity index (χ1v) is 6.44. The van der Waals surface area contributed by atoms with Gasteiger partial charge in [0.15, 0.2) is 11.5 Å². The van der Waals surface area contributed by atoms with Crippen LogP contribution in [-0.2, 0) is 4.74 Å². The molecule has 2 N–H and O–H groups in total. The molecule has 0 bridgehead atoms. The fraction of sp³-hybridized carbons (Fsp3) is 0.615. The van der Waals surface area contributed by atoms with Crippen LogP contribution in [0.1, 0.15) is 27.2 Å². The Hall–Kier alpha value is -1.69. The minimum absolute atomic E-state index is 0.0407. The van der Waals surface area contributed by atoms with Gasteiger partial charge in [-0.1, -0.05) is 13.8 Å². The standard InChI is InChI=1S/C13H19N5O/c1-12(2)8(5-13(12,3)19-4)18-11-9-10(15-6-14-9)16-7-17-11/h6-8H,5H2,1-4H3,(H2,14,15,16,17,18)/t8-,13+/m0/s1. The maximum Gasteiger partial charge on any atom is 0.182 e. The third kappa shape index (κ3) is 1.63. The third-order valence-corrected chi connectivity index (χ3v) is 4.81. The van der Waals surface area contributed by atoms with Crippen LogP contribution in [0.3, 0.4) is 0 Å². The van der Waals surface area contributed by atoms with Crippen LogP contribution in [0.4, 0.5) is 5.82 Å². The van der Waals surface area contributed by atoms with Crippen LogP contribution in [0.15, 0.2) is 12.7 Å². The zero-order valence-corrected chi connectivity index (χ0v) is 11.7. The molecular formula is C13H19N5O. The molecule has 2 heterocycles. The number of hydrogen-bond donors (Lipinski definition) is 2. The van der Waals surface area contributed by atoms with Gasteiger partial charge in [0.2, 0.25) is 0 Å². The van der Waals surface area contributed by atoms with Crippen molar-refractivity contribution in [3.63, 3.8) is 0 Å². The van der Waals surface area contributed by atoms with Gasteiger partial charge >= 0.3 is 0 Å². The van der Waals surface area contributed by atoms with Gasteiger partial charge in [0, 0.05) is 18.6 Å². The summed E-state index contributed by atoms with van der Waals surface area (Å²) >= 11 is 0. The molecule has 2 aromatic rings. The average molecular weight is 261 g/mol. The number of fused-ring (bicyclic) bond motifs is 1. The average Bonchev–Trinajstić information content (AvgIpc) is 2.87. The topological polar surface area (TPSA) is 75.7 Å². The van der Waals surface area contributed by atoms with E-state index in [0.717, 1.165) is 17.8 Å². The van der Waals surface area contributed by atoms with Crippen molar-refractivity contribution >= 4 is 17.0 Å². The predicted octanol–water partition coefficient (Wildman–Crippen LogP) is 1.97. The van der Waals surface area contributed by atoms with Crippen molar-refractivity contribution in [1.29, 1.82) is 0 Å². The number of aromatic amines is 1. The van der Waals surface area contributed by atoms with E-state index in [1.165, 1.54) is 6.33 Å². The molecule has 1 fully saturated rings. The second-order valence-electron chi connectivity index (χ2n) is 5.88. The zero-order chi connectivity index (χ0) is 13.7. The molecule has 0 aliphatic heterocycles. The summed E-state index contributed by atoms with van der Waals surface area (Å²) in [5.74, 6) is 0.804. The molecule has 19 heavy (non-hydrogen) atoms. The highest BCUT2D eigenvalue weighted by Gasteiger charge is 2.57. The normalized spacial score (nSPS) is 29.2. The molecule has 2 atom stereocenters. The summed E-state index contributed by atoms with van der Waals surface area (Å²) in [6, 6.07) is 0.318. The van der Waals surface area contributed by atoms with Gasteiger partial charge in [-0.2, -0.15) is 0 Å².